The van der Waals surface area contributed by atoms with E-state index >= 15 is 0 Å². The van der Waals surface area contributed by atoms with Gasteiger partial charge in [0.2, 0.25) is 0 Å². The third kappa shape index (κ3) is 3.77. The summed E-state index contributed by atoms with van der Waals surface area (Å²) in [5.41, 5.74) is 7.94. The predicted molar refractivity (Wildman–Crippen MR) is 105 cm³/mol. The second-order valence-corrected chi connectivity index (χ2v) is 8.32. The van der Waals surface area contributed by atoms with Gasteiger partial charge in [-0.25, -0.2) is 8.78 Å². The molecule has 7 heteroatoms. The van der Waals surface area contributed by atoms with Crippen LogP contribution in [0.1, 0.15) is 33.0 Å². The topological polar surface area (TPSA) is 60.9 Å². The van der Waals surface area contributed by atoms with Gasteiger partial charge in [0.25, 0.3) is 0 Å². The number of ketones is 1. The highest BCUT2D eigenvalue weighted by Crippen LogP contribution is 2.37. The Balaban J connectivity index is 1.54. The van der Waals surface area contributed by atoms with Crippen molar-refractivity contribution in [3.63, 3.8) is 0 Å². The highest BCUT2D eigenvalue weighted by atomic mass is 32.1. The Morgan fingerprint density at radius 3 is 2.96 bits per heavy atom. The molecule has 0 saturated carbocycles. The van der Waals surface area contributed by atoms with Crippen LogP contribution in [0.2, 0.25) is 0 Å². The summed E-state index contributed by atoms with van der Waals surface area (Å²) in [6.45, 7) is 1.02. The molecular formula is C21H21F2N3OS. The maximum Gasteiger partial charge on any atom is 0.173 e. The van der Waals surface area contributed by atoms with Crippen LogP contribution in [-0.4, -0.2) is 22.1 Å². The van der Waals surface area contributed by atoms with E-state index < -0.39 is 0 Å². The van der Waals surface area contributed by atoms with Crippen LogP contribution in [0, 0.1) is 17.6 Å². The highest BCUT2D eigenvalue weighted by molar-refractivity contribution is 7.14. The highest BCUT2D eigenvalue weighted by Gasteiger charge is 2.25. The smallest absolute Gasteiger partial charge is 0.173 e. The molecule has 3 heterocycles. The Morgan fingerprint density at radius 2 is 2.18 bits per heavy atom. The lowest BCUT2D eigenvalue weighted by molar-refractivity contribution is 0.0966. The number of rotatable bonds is 6. The van der Waals surface area contributed by atoms with Crippen molar-refractivity contribution in [2.45, 2.75) is 32.2 Å². The van der Waals surface area contributed by atoms with Gasteiger partial charge in [0, 0.05) is 23.4 Å². The average molecular weight is 401 g/mol. The maximum atomic E-state index is 14.2. The number of aromatic nitrogens is 2. The number of thiophene rings is 1. The second-order valence-electron chi connectivity index (χ2n) is 7.18. The van der Waals surface area contributed by atoms with E-state index in [4.69, 9.17) is 5.73 Å². The zero-order valence-electron chi connectivity index (χ0n) is 15.3. The first-order valence-corrected chi connectivity index (χ1v) is 10.2. The molecule has 1 aliphatic rings. The third-order valence-electron chi connectivity index (χ3n) is 5.13. The minimum atomic E-state index is -0.356. The number of aryl methyl sites for hydroxylation is 2. The van der Waals surface area contributed by atoms with E-state index in [-0.39, 0.29) is 29.8 Å². The molecule has 3 aromatic rings. The van der Waals surface area contributed by atoms with Crippen LogP contribution in [0.4, 0.5) is 8.78 Å². The fraction of sp³-hybridized carbons (Fsp3) is 0.333. The maximum absolute atomic E-state index is 14.2. The number of carbonyl (C=O) groups excluding carboxylic acids is 1. The molecule has 0 amide bonds. The minimum Gasteiger partial charge on any atom is -0.330 e. The van der Waals surface area contributed by atoms with E-state index in [2.05, 4.69) is 5.10 Å². The first-order chi connectivity index (χ1) is 13.5. The lowest BCUT2D eigenvalue weighted by atomic mass is 9.93. The van der Waals surface area contributed by atoms with E-state index in [9.17, 15) is 13.6 Å². The Morgan fingerprint density at radius 1 is 1.32 bits per heavy atom. The van der Waals surface area contributed by atoms with Gasteiger partial charge in [-0.3, -0.25) is 9.48 Å². The molecule has 2 N–H and O–H groups in total. The average Bonchev–Trinajstić information content (AvgIpc) is 3.20. The summed E-state index contributed by atoms with van der Waals surface area (Å²) in [6.07, 6.45) is 3.73. The number of carbonyl (C=O) groups is 1. The van der Waals surface area contributed by atoms with Crippen molar-refractivity contribution in [1.82, 2.24) is 9.78 Å². The molecular weight excluding hydrogens is 380 g/mol. The first-order valence-electron chi connectivity index (χ1n) is 9.37. The van der Waals surface area contributed by atoms with Crippen molar-refractivity contribution in [2.24, 2.45) is 11.7 Å². The Labute approximate surface area is 166 Å². The number of hydrogen-bond donors (Lipinski definition) is 1. The molecule has 0 bridgehead atoms. The quantitative estimate of drug-likeness (QED) is 0.629. The first kappa shape index (κ1) is 19.0. The largest absolute Gasteiger partial charge is 0.330 e. The Kier molecular flexibility index (Phi) is 5.37. The molecule has 0 saturated heterocycles. The van der Waals surface area contributed by atoms with Crippen molar-refractivity contribution in [3.8, 4) is 11.3 Å². The molecule has 2 aromatic heterocycles. The molecule has 4 rings (SSSR count). The normalized spacial score (nSPS) is 14.2. The lowest BCUT2D eigenvalue weighted by Crippen LogP contribution is -2.20. The fourth-order valence-electron chi connectivity index (χ4n) is 3.74. The summed E-state index contributed by atoms with van der Waals surface area (Å²) in [7, 11) is 0. The Hall–Kier alpha value is -2.38. The second kappa shape index (κ2) is 7.93. The van der Waals surface area contributed by atoms with Gasteiger partial charge in [0.05, 0.1) is 11.1 Å². The van der Waals surface area contributed by atoms with E-state index in [1.54, 1.807) is 16.8 Å². The minimum absolute atomic E-state index is 0.00333. The van der Waals surface area contributed by atoms with Gasteiger partial charge in [-0.2, -0.15) is 5.10 Å². The number of halogens is 2. The zero-order valence-corrected chi connectivity index (χ0v) is 16.1. The van der Waals surface area contributed by atoms with E-state index in [1.165, 1.54) is 29.7 Å². The van der Waals surface area contributed by atoms with Crippen LogP contribution >= 0.6 is 11.3 Å². The molecule has 146 valence electrons. The SMILES string of the molecule is NC[C@@H](CC(=O)c1cc2c(s1)CCCn1ncc(F)c1-2)Cc1cccc(F)c1. The van der Waals surface area contributed by atoms with E-state index in [0.717, 1.165) is 28.8 Å². The van der Waals surface area contributed by atoms with Gasteiger partial charge in [-0.05, 0) is 55.5 Å². The van der Waals surface area contributed by atoms with Gasteiger partial charge in [0.1, 0.15) is 11.5 Å². The van der Waals surface area contributed by atoms with Gasteiger partial charge in [-0.15, -0.1) is 11.3 Å². The number of benzene rings is 1. The number of hydrogen-bond acceptors (Lipinski definition) is 4. The van der Waals surface area contributed by atoms with Crippen LogP contribution < -0.4 is 5.73 Å². The van der Waals surface area contributed by atoms with Crippen molar-refractivity contribution < 1.29 is 13.6 Å². The third-order valence-corrected chi connectivity index (χ3v) is 6.36. The van der Waals surface area contributed by atoms with Gasteiger partial charge in [0.15, 0.2) is 11.6 Å². The van der Waals surface area contributed by atoms with Crippen LogP contribution in [0.25, 0.3) is 11.3 Å². The number of nitrogens with two attached hydrogens (primary N) is 1. The molecule has 1 atom stereocenters. The molecule has 0 fully saturated rings. The molecule has 0 radical (unpaired) electrons. The van der Waals surface area contributed by atoms with Crippen LogP contribution in [0.3, 0.4) is 0 Å². The molecule has 4 nitrogen and oxygen atoms in total. The number of fused-ring (bicyclic) bond motifs is 3. The van der Waals surface area contributed by atoms with Gasteiger partial charge >= 0.3 is 0 Å². The van der Waals surface area contributed by atoms with E-state index in [0.29, 0.717) is 30.1 Å². The summed E-state index contributed by atoms with van der Waals surface area (Å²) >= 11 is 1.44. The van der Waals surface area contributed by atoms with Gasteiger partial charge < -0.3 is 5.73 Å². The summed E-state index contributed by atoms with van der Waals surface area (Å²) in [4.78, 5) is 14.5. The summed E-state index contributed by atoms with van der Waals surface area (Å²) in [5.74, 6) is -0.721. The fourth-order valence-corrected chi connectivity index (χ4v) is 4.89. The molecule has 0 spiro atoms. The lowest BCUT2D eigenvalue weighted by Gasteiger charge is -2.13. The standard InChI is InChI=1S/C21H21F2N3OS/c22-15-4-1-3-13(8-15)7-14(11-24)9-18(27)20-10-16-19(28-20)5-2-6-26-21(16)17(23)12-25-26/h1,3-4,8,10,12,14H,2,5-7,9,11,24H2/t14-/m1/s1. The number of Topliss-reactive ketones (excluding diaryl/α,β-unsaturated/α-hetero) is 1. The summed E-state index contributed by atoms with van der Waals surface area (Å²) < 4.78 is 29.3. The van der Waals surface area contributed by atoms with Crippen molar-refractivity contribution >= 4 is 17.1 Å². The van der Waals surface area contributed by atoms with Crippen LogP contribution in [0.15, 0.2) is 36.5 Å². The molecule has 28 heavy (non-hydrogen) atoms. The van der Waals surface area contributed by atoms with Crippen molar-refractivity contribution in [3.05, 3.63) is 63.5 Å². The molecule has 1 aliphatic heterocycles. The molecule has 0 aliphatic carbocycles. The number of nitrogens with zero attached hydrogens (tertiary/aromatic N) is 2. The zero-order chi connectivity index (χ0) is 19.7. The predicted octanol–water partition coefficient (Wildman–Crippen LogP) is 4.23. The van der Waals surface area contributed by atoms with E-state index in [1.807, 2.05) is 6.07 Å². The van der Waals surface area contributed by atoms with Gasteiger partial charge in [-0.1, -0.05) is 12.1 Å². The Bertz CT molecular complexity index is 1010. The summed E-state index contributed by atoms with van der Waals surface area (Å²) in [5, 5.41) is 4.10. The summed E-state index contributed by atoms with van der Waals surface area (Å²) in [6, 6.07) is 8.17. The monoisotopic (exact) mass is 401 g/mol. The van der Waals surface area contributed by atoms with Crippen molar-refractivity contribution in [1.29, 1.82) is 0 Å². The van der Waals surface area contributed by atoms with Crippen LogP contribution in [-0.2, 0) is 19.4 Å². The molecule has 1 aromatic carbocycles. The van der Waals surface area contributed by atoms with Crippen molar-refractivity contribution in [2.75, 3.05) is 6.54 Å². The van der Waals surface area contributed by atoms with Crippen LogP contribution in [0.5, 0.6) is 0 Å². The molecule has 0 unspecified atom stereocenters.